The normalized spacial score (nSPS) is 28.0. The maximum atomic E-state index is 11.7. The molecule has 1 aromatic carbocycles. The SMILES string of the molecule is CCCCOC(=O)C(O)Cc1ccc(OC2OC(CO)C(O)C(O)C2O)c(O)c1. The third-order valence-electron chi connectivity index (χ3n) is 4.56. The number of carbonyl (C=O) groups excluding carboxylic acids is 1. The Hall–Kier alpha value is -1.95. The average molecular weight is 416 g/mol. The summed E-state index contributed by atoms with van der Waals surface area (Å²) in [4.78, 5) is 11.7. The third-order valence-corrected chi connectivity index (χ3v) is 4.56. The maximum Gasteiger partial charge on any atom is 0.335 e. The molecule has 164 valence electrons. The average Bonchev–Trinajstić information content (AvgIpc) is 2.70. The molecule has 1 aromatic rings. The Morgan fingerprint density at radius 2 is 1.93 bits per heavy atom. The fraction of sp³-hybridized carbons (Fsp3) is 0.632. The molecule has 1 heterocycles. The van der Waals surface area contributed by atoms with Gasteiger partial charge in [0.1, 0.15) is 24.4 Å². The fourth-order valence-corrected chi connectivity index (χ4v) is 2.80. The number of esters is 1. The quantitative estimate of drug-likeness (QED) is 0.213. The number of aliphatic hydroxyl groups is 5. The van der Waals surface area contributed by atoms with Crippen LogP contribution in [0.15, 0.2) is 18.2 Å². The first kappa shape index (κ1) is 23.3. The van der Waals surface area contributed by atoms with Crippen molar-refractivity contribution < 1.29 is 49.6 Å². The molecule has 0 radical (unpaired) electrons. The van der Waals surface area contributed by atoms with Crippen molar-refractivity contribution in [3.8, 4) is 11.5 Å². The Bertz CT molecular complexity index is 664. The smallest absolute Gasteiger partial charge is 0.335 e. The van der Waals surface area contributed by atoms with Gasteiger partial charge < -0.3 is 44.8 Å². The van der Waals surface area contributed by atoms with Crippen molar-refractivity contribution in [3.63, 3.8) is 0 Å². The van der Waals surface area contributed by atoms with Gasteiger partial charge in [-0.05, 0) is 24.1 Å². The van der Waals surface area contributed by atoms with Gasteiger partial charge in [0.2, 0.25) is 6.29 Å². The van der Waals surface area contributed by atoms with Crippen molar-refractivity contribution >= 4 is 5.97 Å². The molecule has 1 aliphatic heterocycles. The van der Waals surface area contributed by atoms with E-state index in [1.807, 2.05) is 6.92 Å². The summed E-state index contributed by atoms with van der Waals surface area (Å²) in [5.74, 6) is -1.20. The van der Waals surface area contributed by atoms with E-state index in [4.69, 9.17) is 14.2 Å². The predicted octanol–water partition coefficient (Wildman–Crippen LogP) is -1.18. The zero-order valence-corrected chi connectivity index (χ0v) is 16.0. The number of unbranched alkanes of at least 4 members (excludes halogenated alkanes) is 1. The van der Waals surface area contributed by atoms with Gasteiger partial charge in [-0.2, -0.15) is 0 Å². The minimum atomic E-state index is -1.62. The van der Waals surface area contributed by atoms with E-state index in [0.29, 0.717) is 12.0 Å². The fourth-order valence-electron chi connectivity index (χ4n) is 2.80. The molecule has 0 spiro atoms. The molecule has 1 fully saturated rings. The lowest BCUT2D eigenvalue weighted by Gasteiger charge is -2.39. The number of rotatable bonds is 9. The molecule has 29 heavy (non-hydrogen) atoms. The molecule has 0 aromatic heterocycles. The van der Waals surface area contributed by atoms with Gasteiger partial charge in [0.25, 0.3) is 0 Å². The van der Waals surface area contributed by atoms with Crippen LogP contribution in [0, 0.1) is 0 Å². The molecule has 6 unspecified atom stereocenters. The lowest BCUT2D eigenvalue weighted by molar-refractivity contribution is -0.277. The van der Waals surface area contributed by atoms with Gasteiger partial charge in [0.15, 0.2) is 17.6 Å². The number of phenols is 1. The van der Waals surface area contributed by atoms with Gasteiger partial charge in [-0.3, -0.25) is 0 Å². The minimum absolute atomic E-state index is 0.0845. The number of phenolic OH excluding ortho intramolecular Hbond substituents is 1. The van der Waals surface area contributed by atoms with Crippen LogP contribution in [0.2, 0.25) is 0 Å². The molecule has 6 N–H and O–H groups in total. The lowest BCUT2D eigenvalue weighted by Crippen LogP contribution is -2.60. The molecule has 2 rings (SSSR count). The molecule has 0 amide bonds. The van der Waals surface area contributed by atoms with Crippen LogP contribution in [0.4, 0.5) is 0 Å². The number of aromatic hydroxyl groups is 1. The Morgan fingerprint density at radius 3 is 2.55 bits per heavy atom. The summed E-state index contributed by atoms with van der Waals surface area (Å²) in [5, 5.41) is 58.8. The first-order chi connectivity index (χ1) is 13.8. The van der Waals surface area contributed by atoms with Crippen LogP contribution >= 0.6 is 0 Å². The van der Waals surface area contributed by atoms with Crippen LogP contribution in [0.25, 0.3) is 0 Å². The van der Waals surface area contributed by atoms with E-state index in [1.54, 1.807) is 0 Å². The Morgan fingerprint density at radius 1 is 1.21 bits per heavy atom. The van der Waals surface area contributed by atoms with Gasteiger partial charge in [-0.15, -0.1) is 0 Å². The van der Waals surface area contributed by atoms with E-state index in [2.05, 4.69) is 0 Å². The van der Waals surface area contributed by atoms with Crippen LogP contribution in [0.1, 0.15) is 25.3 Å². The molecule has 10 heteroatoms. The number of ether oxygens (including phenoxy) is 3. The highest BCUT2D eigenvalue weighted by atomic mass is 16.7. The Kier molecular flexibility index (Phi) is 8.62. The first-order valence-electron chi connectivity index (χ1n) is 9.42. The second-order valence-corrected chi connectivity index (χ2v) is 6.86. The topological polar surface area (TPSA) is 166 Å². The van der Waals surface area contributed by atoms with Crippen LogP contribution in [-0.2, 0) is 20.7 Å². The minimum Gasteiger partial charge on any atom is -0.504 e. The summed E-state index contributed by atoms with van der Waals surface area (Å²) in [6.45, 7) is 1.56. The van der Waals surface area contributed by atoms with Crippen molar-refractivity contribution in [2.24, 2.45) is 0 Å². The van der Waals surface area contributed by atoms with Crippen molar-refractivity contribution in [2.45, 2.75) is 63.0 Å². The lowest BCUT2D eigenvalue weighted by atomic mass is 9.99. The van der Waals surface area contributed by atoms with Crippen molar-refractivity contribution in [3.05, 3.63) is 23.8 Å². The van der Waals surface area contributed by atoms with Crippen LogP contribution in [0.5, 0.6) is 11.5 Å². The number of benzene rings is 1. The van der Waals surface area contributed by atoms with Crippen molar-refractivity contribution in [1.29, 1.82) is 0 Å². The number of aliphatic hydroxyl groups excluding tert-OH is 5. The van der Waals surface area contributed by atoms with Crippen LogP contribution in [-0.4, -0.2) is 86.6 Å². The second-order valence-electron chi connectivity index (χ2n) is 6.86. The zero-order chi connectivity index (χ0) is 21.6. The maximum absolute atomic E-state index is 11.7. The molecule has 0 aliphatic carbocycles. The van der Waals surface area contributed by atoms with Crippen molar-refractivity contribution in [2.75, 3.05) is 13.2 Å². The van der Waals surface area contributed by atoms with E-state index >= 15 is 0 Å². The van der Waals surface area contributed by atoms with Crippen molar-refractivity contribution in [1.82, 2.24) is 0 Å². The first-order valence-corrected chi connectivity index (χ1v) is 9.42. The highest BCUT2D eigenvalue weighted by Gasteiger charge is 2.44. The summed E-state index contributed by atoms with van der Waals surface area (Å²) >= 11 is 0. The van der Waals surface area contributed by atoms with E-state index in [1.165, 1.54) is 18.2 Å². The summed E-state index contributed by atoms with van der Waals surface area (Å²) in [6, 6.07) is 4.09. The molecule has 0 bridgehead atoms. The number of hydrogen-bond donors (Lipinski definition) is 6. The molecule has 1 saturated heterocycles. The van der Waals surface area contributed by atoms with Crippen LogP contribution < -0.4 is 4.74 Å². The molecule has 1 aliphatic rings. The van der Waals surface area contributed by atoms with Gasteiger partial charge in [-0.25, -0.2) is 4.79 Å². The molecule has 6 atom stereocenters. The molecule has 0 saturated carbocycles. The summed E-state index contributed by atoms with van der Waals surface area (Å²) in [6.07, 6.45) is -7.26. The van der Waals surface area contributed by atoms with E-state index in [9.17, 15) is 35.4 Å². The Labute approximate surface area is 167 Å². The number of hydrogen-bond acceptors (Lipinski definition) is 10. The van der Waals surface area contributed by atoms with Gasteiger partial charge in [0, 0.05) is 6.42 Å². The predicted molar refractivity (Wildman–Crippen MR) is 98.1 cm³/mol. The highest BCUT2D eigenvalue weighted by Crippen LogP contribution is 2.31. The Balaban J connectivity index is 1.99. The molecular formula is C19H28O10. The van der Waals surface area contributed by atoms with E-state index in [0.717, 1.165) is 6.42 Å². The molecule has 10 nitrogen and oxygen atoms in total. The van der Waals surface area contributed by atoms with E-state index in [-0.39, 0.29) is 24.5 Å². The summed E-state index contributed by atoms with van der Waals surface area (Å²) < 4.78 is 15.5. The summed E-state index contributed by atoms with van der Waals surface area (Å²) in [7, 11) is 0. The summed E-state index contributed by atoms with van der Waals surface area (Å²) in [5.41, 5.74) is 0.434. The van der Waals surface area contributed by atoms with E-state index < -0.39 is 49.4 Å². The van der Waals surface area contributed by atoms with Crippen LogP contribution in [0.3, 0.4) is 0 Å². The highest BCUT2D eigenvalue weighted by molar-refractivity contribution is 5.74. The number of carbonyl (C=O) groups is 1. The second kappa shape index (κ2) is 10.7. The third kappa shape index (κ3) is 6.01. The largest absolute Gasteiger partial charge is 0.504 e. The molecular weight excluding hydrogens is 388 g/mol. The van der Waals surface area contributed by atoms with Gasteiger partial charge in [-0.1, -0.05) is 19.4 Å². The van der Waals surface area contributed by atoms with Gasteiger partial charge in [0.05, 0.1) is 13.2 Å². The standard InChI is InChI=1S/C19H28O10/c1-2-3-6-27-18(26)12(22)8-10-4-5-13(11(21)7-10)28-19-17(25)16(24)15(23)14(9-20)29-19/h4-5,7,12,14-17,19-25H,2-3,6,8-9H2,1H3. The monoisotopic (exact) mass is 416 g/mol. The zero-order valence-electron chi connectivity index (χ0n) is 16.0. The van der Waals surface area contributed by atoms with Gasteiger partial charge >= 0.3 is 5.97 Å².